The molecular weight excluding hydrogens is 492 g/mol. The van der Waals surface area contributed by atoms with E-state index in [1.54, 1.807) is 7.11 Å². The minimum absolute atomic E-state index is 0. The molecule has 0 aliphatic heterocycles. The molecule has 2 atom stereocenters. The van der Waals surface area contributed by atoms with Gasteiger partial charge in [0.15, 0.2) is 15.0 Å². The normalized spacial score (nSPS) is 8.45. The first-order chi connectivity index (χ1) is 11.3. The van der Waals surface area contributed by atoms with E-state index in [1.165, 1.54) is 6.92 Å². The fourth-order valence-electron chi connectivity index (χ4n) is 0.372. The molecule has 0 saturated heterocycles. The Bertz CT molecular complexity index is 213. The summed E-state index contributed by atoms with van der Waals surface area (Å²) in [5, 5.41) is 8.29. The number of hydrogen-bond acceptors (Lipinski definition) is 3. The van der Waals surface area contributed by atoms with Gasteiger partial charge < -0.3 is 14.3 Å². The van der Waals surface area contributed by atoms with Crippen LogP contribution in [-0.4, -0.2) is 66.6 Å². The van der Waals surface area contributed by atoms with Gasteiger partial charge in [-0.3, -0.25) is 13.5 Å². The molecule has 0 saturated carbocycles. The number of rotatable bonds is 5. The lowest BCUT2D eigenvalue weighted by atomic mass is 10.3. The van der Waals surface area contributed by atoms with Gasteiger partial charge in [0.25, 0.3) is 0 Å². The standard InChI is InChI=1S/C6H14O2.C4H12OSi.C2H2F4.C2H5F.CH3F.6CH4.FH.H3P/c1-3-6(2)8-5-4-7;1-5-6(2,3)4;3-1-2(4,5)6;1-2-3;1-2;;;;;;;;/h6-7H,3-5H2,1-2H3;1-4H3;1H2;2H2,1H3;1H3;6*1H4;1H;1H3. The van der Waals surface area contributed by atoms with Crippen molar-refractivity contribution in [3.8, 4) is 0 Å². The molecule has 0 fully saturated rings. The molecule has 0 bridgehead atoms. The first kappa shape index (κ1) is 84.5. The predicted molar refractivity (Wildman–Crippen MR) is 148 cm³/mol. The van der Waals surface area contributed by atoms with E-state index >= 15 is 0 Å². The van der Waals surface area contributed by atoms with Crippen LogP contribution in [0.5, 0.6) is 0 Å². The van der Waals surface area contributed by atoms with Crippen molar-refractivity contribution in [2.24, 2.45) is 0 Å². The molecule has 0 aromatic carbocycles. The third-order valence-corrected chi connectivity index (χ3v) is 3.06. The van der Waals surface area contributed by atoms with E-state index in [0.717, 1.165) is 6.42 Å². The lowest BCUT2D eigenvalue weighted by molar-refractivity contribution is -0.142. The summed E-state index contributed by atoms with van der Waals surface area (Å²) in [6, 6.07) is 0. The lowest BCUT2D eigenvalue weighted by Gasteiger charge is -2.10. The number of ether oxygens (including phenoxy) is 1. The van der Waals surface area contributed by atoms with E-state index in [0.29, 0.717) is 19.9 Å². The first-order valence-electron chi connectivity index (χ1n) is 7.69. The number of aliphatic hydroxyl groups is 1. The first-order valence-corrected chi connectivity index (χ1v) is 11.1. The predicted octanol–water partition coefficient (Wildman–Crippen LogP) is 9.37. The highest BCUT2D eigenvalue weighted by Gasteiger charge is 2.26. The zero-order valence-electron chi connectivity index (χ0n) is 17.8. The molecule has 0 heterocycles. The van der Waals surface area contributed by atoms with Crippen molar-refractivity contribution in [1.29, 1.82) is 0 Å². The number of hydrogen-bond donors (Lipinski definition) is 1. The van der Waals surface area contributed by atoms with Crippen molar-refractivity contribution in [2.75, 3.05) is 40.9 Å². The number of aliphatic hydroxyl groups excluding tert-OH is 1. The second kappa shape index (κ2) is 63.5. The maximum atomic E-state index is 10.4. The molecule has 33 heavy (non-hydrogen) atoms. The van der Waals surface area contributed by atoms with E-state index in [9.17, 15) is 26.3 Å². The van der Waals surface area contributed by atoms with Crippen LogP contribution in [0.3, 0.4) is 0 Å². The number of halogens is 7. The van der Waals surface area contributed by atoms with Gasteiger partial charge in [-0.1, -0.05) is 51.5 Å². The lowest BCUT2D eigenvalue weighted by Crippen LogP contribution is -2.22. The van der Waals surface area contributed by atoms with Crippen molar-refractivity contribution in [1.82, 2.24) is 0 Å². The smallest absolute Gasteiger partial charge is 0.416 e. The Balaban J connectivity index is -0.0000000136. The third kappa shape index (κ3) is 199. The van der Waals surface area contributed by atoms with Gasteiger partial charge in [0.2, 0.25) is 0 Å². The summed E-state index contributed by atoms with van der Waals surface area (Å²) < 4.78 is 71.6. The zero-order chi connectivity index (χ0) is 21.5. The Morgan fingerprint density at radius 2 is 1.09 bits per heavy atom. The molecule has 12 heteroatoms. The Morgan fingerprint density at radius 3 is 1.18 bits per heavy atom. The van der Waals surface area contributed by atoms with Gasteiger partial charge in [-0.15, -0.1) is 0 Å². The maximum Gasteiger partial charge on any atom is 0.416 e. The van der Waals surface area contributed by atoms with Crippen LogP contribution in [-0.2, 0) is 9.16 Å². The van der Waals surface area contributed by atoms with Crippen LogP contribution in [0.15, 0.2) is 0 Å². The summed E-state index contributed by atoms with van der Waals surface area (Å²) in [6.07, 6.45) is -3.32. The summed E-state index contributed by atoms with van der Waals surface area (Å²) in [5.74, 6) is 0. The van der Waals surface area contributed by atoms with Gasteiger partial charge in [0.1, 0.15) is 0 Å². The molecule has 2 unspecified atom stereocenters. The highest BCUT2D eigenvalue weighted by atomic mass is 31.0. The summed E-state index contributed by atoms with van der Waals surface area (Å²) in [5.41, 5.74) is 0. The molecule has 1 N–H and O–H groups in total. The molecule has 0 aliphatic rings. The van der Waals surface area contributed by atoms with E-state index in [1.807, 2.05) is 6.92 Å². The van der Waals surface area contributed by atoms with E-state index in [-0.39, 0.29) is 72.4 Å². The summed E-state index contributed by atoms with van der Waals surface area (Å²) in [6.45, 7) is 10.1. The van der Waals surface area contributed by atoms with Crippen molar-refractivity contribution >= 4 is 18.2 Å². The Hall–Kier alpha value is 0.0369. The zero-order valence-corrected chi connectivity index (χ0v) is 20.2. The number of alkyl halides is 6. The van der Waals surface area contributed by atoms with Gasteiger partial charge in [0, 0.05) is 7.11 Å². The fraction of sp³-hybridized carbons (Fsp3) is 1.00. The third-order valence-electron chi connectivity index (χ3n) is 1.83. The van der Waals surface area contributed by atoms with Crippen LogP contribution >= 0.6 is 9.90 Å². The SMILES string of the molecule is C.C.C.C.C.C.CCC(C)OCCO.CCF.CF.CO[Si](C)(C)C.F.FCC(F)(F)F.P. The van der Waals surface area contributed by atoms with Crippen LogP contribution in [0.25, 0.3) is 0 Å². The van der Waals surface area contributed by atoms with E-state index in [4.69, 9.17) is 14.3 Å². The molecule has 0 rings (SSSR count). The van der Waals surface area contributed by atoms with Gasteiger partial charge in [-0.05, 0) is 39.9 Å². The summed E-state index contributed by atoms with van der Waals surface area (Å²) in [7, 11) is 1.14. The van der Waals surface area contributed by atoms with Gasteiger partial charge in [-0.2, -0.15) is 23.1 Å². The Kier molecular flexibility index (Phi) is 163. The van der Waals surface area contributed by atoms with Crippen molar-refractivity contribution in [2.45, 2.75) is 104 Å². The molecule has 0 aliphatic carbocycles. The average Bonchev–Trinajstić information content (AvgIpc) is 2.55. The molecule has 0 aromatic rings. The molecule has 224 valence electrons. The highest BCUT2D eigenvalue weighted by molar-refractivity contribution is 6.92. The highest BCUT2D eigenvalue weighted by Crippen LogP contribution is 2.13. The average molecular weight is 557 g/mol. The quantitative estimate of drug-likeness (QED) is 0.208. The van der Waals surface area contributed by atoms with Crippen LogP contribution in [0.2, 0.25) is 19.6 Å². The summed E-state index contributed by atoms with van der Waals surface area (Å²) in [4.78, 5) is 0. The monoisotopic (exact) mass is 556 g/mol. The molecular formula is C21H64F7O3PSi. The second-order valence-corrected chi connectivity index (χ2v) is 9.78. The molecule has 0 radical (unpaired) electrons. The largest absolute Gasteiger partial charge is 0.421 e. The minimum atomic E-state index is -4.62. The Morgan fingerprint density at radius 1 is 0.879 bits per heavy atom. The topological polar surface area (TPSA) is 38.7 Å². The van der Waals surface area contributed by atoms with Crippen molar-refractivity contribution in [3.63, 3.8) is 0 Å². The molecule has 0 spiro atoms. The molecule has 0 amide bonds. The van der Waals surface area contributed by atoms with Gasteiger partial charge in [0.05, 0.1) is 33.2 Å². The minimum Gasteiger partial charge on any atom is -0.421 e. The van der Waals surface area contributed by atoms with Crippen LogP contribution in [0.1, 0.15) is 71.8 Å². The van der Waals surface area contributed by atoms with Crippen molar-refractivity contribution in [3.05, 3.63) is 0 Å². The molecule has 3 nitrogen and oxygen atoms in total. The van der Waals surface area contributed by atoms with Crippen LogP contribution < -0.4 is 0 Å². The van der Waals surface area contributed by atoms with Gasteiger partial charge in [-0.25, -0.2) is 4.39 Å². The van der Waals surface area contributed by atoms with E-state index < -0.39 is 21.2 Å². The van der Waals surface area contributed by atoms with Crippen molar-refractivity contribution < 1.29 is 45.3 Å². The van der Waals surface area contributed by atoms with Gasteiger partial charge >= 0.3 is 6.18 Å². The molecule has 0 aromatic heterocycles. The Labute approximate surface area is 208 Å². The fourth-order valence-corrected chi connectivity index (χ4v) is 0.372. The van der Waals surface area contributed by atoms with Crippen LogP contribution in [0.4, 0.5) is 31.0 Å². The second-order valence-electron chi connectivity index (χ2n) is 5.15. The summed E-state index contributed by atoms with van der Waals surface area (Å²) >= 11 is 0. The van der Waals surface area contributed by atoms with E-state index in [2.05, 4.69) is 26.6 Å². The maximum absolute atomic E-state index is 10.4. The van der Waals surface area contributed by atoms with Crippen LogP contribution in [0, 0.1) is 0 Å².